The number of thioether (sulfide) groups is 1. The summed E-state index contributed by atoms with van der Waals surface area (Å²) in [5.41, 5.74) is 1.68. The zero-order chi connectivity index (χ0) is 16.2. The summed E-state index contributed by atoms with van der Waals surface area (Å²) in [6, 6.07) is 10.4. The molecule has 114 valence electrons. The Morgan fingerprint density at radius 3 is 2.83 bits per heavy atom. The molecule has 0 bridgehead atoms. The van der Waals surface area contributed by atoms with Gasteiger partial charge < -0.3 is 9.69 Å². The van der Waals surface area contributed by atoms with Crippen molar-refractivity contribution in [2.75, 3.05) is 11.4 Å². The molecule has 6 heteroatoms. The summed E-state index contributed by atoms with van der Waals surface area (Å²) in [5.74, 6) is 2.63. The lowest BCUT2D eigenvalue weighted by Crippen LogP contribution is -2.31. The van der Waals surface area contributed by atoms with E-state index in [1.54, 1.807) is 24.4 Å². The molecule has 0 aliphatic carbocycles. The van der Waals surface area contributed by atoms with Gasteiger partial charge in [-0.1, -0.05) is 23.6 Å². The molecule has 1 atom stereocenters. The molecule has 0 fully saturated rings. The number of nitrogens with zero attached hydrogens (tertiary/aromatic N) is 3. The monoisotopic (exact) mass is 341 g/mol. The minimum absolute atomic E-state index is 0.335. The highest BCUT2D eigenvalue weighted by molar-refractivity contribution is 8.14. The van der Waals surface area contributed by atoms with Crippen LogP contribution in [0.2, 0.25) is 5.02 Å². The Morgan fingerprint density at radius 1 is 1.35 bits per heavy atom. The number of pyridine rings is 1. The van der Waals surface area contributed by atoms with Gasteiger partial charge >= 0.3 is 0 Å². The van der Waals surface area contributed by atoms with E-state index in [1.807, 2.05) is 23.1 Å². The van der Waals surface area contributed by atoms with E-state index < -0.39 is 6.04 Å². The summed E-state index contributed by atoms with van der Waals surface area (Å²) in [4.78, 5) is 22.1. The summed E-state index contributed by atoms with van der Waals surface area (Å²) in [6.45, 7) is 0.335. The maximum absolute atomic E-state index is 11.4. The average molecular weight is 342 g/mol. The SMILES string of the molecule is C#CCN(C1=NC(C=O)c2cccnc2S1)c1ccc(Cl)cc1. The number of carbonyl (C=O) groups excluding carboxylic acids is 1. The van der Waals surface area contributed by atoms with Gasteiger partial charge in [0.15, 0.2) is 5.17 Å². The van der Waals surface area contributed by atoms with Gasteiger partial charge in [0.25, 0.3) is 0 Å². The maximum Gasteiger partial charge on any atom is 0.172 e. The minimum atomic E-state index is -0.567. The van der Waals surface area contributed by atoms with E-state index in [4.69, 9.17) is 18.0 Å². The van der Waals surface area contributed by atoms with Crippen LogP contribution in [0.5, 0.6) is 0 Å². The van der Waals surface area contributed by atoms with Crippen LogP contribution in [0, 0.1) is 12.3 Å². The predicted molar refractivity (Wildman–Crippen MR) is 94.0 cm³/mol. The Hall–Kier alpha value is -2.29. The standard InChI is InChI=1S/C17H12ClN3OS/c1-2-10-21(13-7-5-12(18)6-8-13)17-20-15(11-22)14-4-3-9-19-16(14)23-17/h1,3-9,11,15H,10H2. The molecular weight excluding hydrogens is 330 g/mol. The summed E-state index contributed by atoms with van der Waals surface area (Å²) < 4.78 is 0. The average Bonchev–Trinajstić information content (AvgIpc) is 2.59. The minimum Gasteiger partial charge on any atom is -0.309 e. The van der Waals surface area contributed by atoms with E-state index in [0.29, 0.717) is 16.7 Å². The van der Waals surface area contributed by atoms with E-state index in [2.05, 4.69) is 15.9 Å². The topological polar surface area (TPSA) is 45.6 Å². The Kier molecular flexibility index (Phi) is 4.65. The van der Waals surface area contributed by atoms with Crippen molar-refractivity contribution in [1.82, 2.24) is 4.98 Å². The third-order valence-electron chi connectivity index (χ3n) is 3.30. The van der Waals surface area contributed by atoms with Crippen LogP contribution in [0.4, 0.5) is 5.69 Å². The van der Waals surface area contributed by atoms with Crippen molar-refractivity contribution in [3.8, 4) is 12.3 Å². The highest BCUT2D eigenvalue weighted by Gasteiger charge is 2.26. The Morgan fingerprint density at radius 2 is 2.13 bits per heavy atom. The number of aldehydes is 1. The summed E-state index contributed by atoms with van der Waals surface area (Å²) in [5, 5.41) is 2.06. The van der Waals surface area contributed by atoms with Crippen LogP contribution in [0.25, 0.3) is 0 Å². The van der Waals surface area contributed by atoms with Gasteiger partial charge in [-0.25, -0.2) is 9.98 Å². The number of amidine groups is 1. The van der Waals surface area contributed by atoms with E-state index in [9.17, 15) is 4.79 Å². The van der Waals surface area contributed by atoms with Crippen molar-refractivity contribution < 1.29 is 4.79 Å². The van der Waals surface area contributed by atoms with Gasteiger partial charge in [0.2, 0.25) is 0 Å². The number of aromatic nitrogens is 1. The number of anilines is 1. The number of terminal acetylenes is 1. The number of halogens is 1. The maximum atomic E-state index is 11.4. The highest BCUT2D eigenvalue weighted by atomic mass is 35.5. The van der Waals surface area contributed by atoms with Crippen LogP contribution in [-0.2, 0) is 4.79 Å². The van der Waals surface area contributed by atoms with Crippen molar-refractivity contribution in [2.45, 2.75) is 11.1 Å². The molecule has 0 N–H and O–H groups in total. The van der Waals surface area contributed by atoms with E-state index in [-0.39, 0.29) is 0 Å². The van der Waals surface area contributed by atoms with Crippen LogP contribution in [0.1, 0.15) is 11.6 Å². The number of carbonyl (C=O) groups is 1. The third-order valence-corrected chi connectivity index (χ3v) is 4.60. The lowest BCUT2D eigenvalue weighted by atomic mass is 10.1. The second-order valence-electron chi connectivity index (χ2n) is 4.76. The first-order chi connectivity index (χ1) is 11.2. The summed E-state index contributed by atoms with van der Waals surface area (Å²) in [6.07, 6.45) is 8.01. The zero-order valence-corrected chi connectivity index (χ0v) is 13.6. The van der Waals surface area contributed by atoms with Crippen LogP contribution in [0.3, 0.4) is 0 Å². The number of hydrogen-bond donors (Lipinski definition) is 0. The highest BCUT2D eigenvalue weighted by Crippen LogP contribution is 2.35. The van der Waals surface area contributed by atoms with Gasteiger partial charge in [-0.15, -0.1) is 6.42 Å². The molecule has 0 radical (unpaired) electrons. The molecule has 1 aromatic heterocycles. The third kappa shape index (κ3) is 3.24. The molecule has 2 aromatic rings. The van der Waals surface area contributed by atoms with Crippen molar-refractivity contribution in [3.05, 3.63) is 53.2 Å². The molecule has 1 aliphatic rings. The number of rotatable bonds is 3. The number of hydrogen-bond acceptors (Lipinski definition) is 5. The lowest BCUT2D eigenvalue weighted by molar-refractivity contribution is -0.109. The first-order valence-electron chi connectivity index (χ1n) is 6.85. The van der Waals surface area contributed by atoms with Gasteiger partial charge in [0.1, 0.15) is 17.4 Å². The van der Waals surface area contributed by atoms with Crippen molar-refractivity contribution in [1.29, 1.82) is 0 Å². The first-order valence-corrected chi connectivity index (χ1v) is 8.05. The molecule has 4 nitrogen and oxygen atoms in total. The van der Waals surface area contributed by atoms with Crippen LogP contribution in [-0.4, -0.2) is 23.0 Å². The quantitative estimate of drug-likeness (QED) is 0.632. The molecule has 0 amide bonds. The van der Waals surface area contributed by atoms with Gasteiger partial charge in [-0.2, -0.15) is 0 Å². The van der Waals surface area contributed by atoms with Crippen LogP contribution < -0.4 is 4.90 Å². The second-order valence-corrected chi connectivity index (χ2v) is 6.15. The smallest absolute Gasteiger partial charge is 0.172 e. The molecular formula is C17H12ClN3OS. The van der Waals surface area contributed by atoms with Crippen LogP contribution in [0.15, 0.2) is 52.6 Å². The predicted octanol–water partition coefficient (Wildman–Crippen LogP) is 3.58. The fraction of sp³-hybridized carbons (Fsp3) is 0.118. The molecule has 0 saturated heterocycles. The van der Waals surface area contributed by atoms with Gasteiger partial charge in [-0.3, -0.25) is 0 Å². The van der Waals surface area contributed by atoms with Crippen molar-refractivity contribution in [2.24, 2.45) is 4.99 Å². The molecule has 0 saturated carbocycles. The normalized spacial score (nSPS) is 16.0. The van der Waals surface area contributed by atoms with Crippen molar-refractivity contribution >= 4 is 40.5 Å². The molecule has 3 rings (SSSR count). The number of fused-ring (bicyclic) bond motifs is 1. The molecule has 1 aromatic carbocycles. The Balaban J connectivity index is 2.00. The summed E-state index contributed by atoms with van der Waals surface area (Å²) >= 11 is 7.34. The Labute approximate surface area is 143 Å². The van der Waals surface area contributed by atoms with Gasteiger partial charge in [0.05, 0.1) is 6.54 Å². The number of aliphatic imine (C=N–C) groups is 1. The van der Waals surface area contributed by atoms with E-state index >= 15 is 0 Å². The fourth-order valence-corrected chi connectivity index (χ4v) is 3.39. The molecule has 2 heterocycles. The second kappa shape index (κ2) is 6.86. The molecule has 1 aliphatic heterocycles. The lowest BCUT2D eigenvalue weighted by Gasteiger charge is -2.27. The zero-order valence-electron chi connectivity index (χ0n) is 12.0. The van der Waals surface area contributed by atoms with Gasteiger partial charge in [0, 0.05) is 22.5 Å². The summed E-state index contributed by atoms with van der Waals surface area (Å²) in [7, 11) is 0. The largest absolute Gasteiger partial charge is 0.309 e. The van der Waals surface area contributed by atoms with Crippen LogP contribution >= 0.6 is 23.4 Å². The van der Waals surface area contributed by atoms with E-state index in [0.717, 1.165) is 22.6 Å². The molecule has 1 unspecified atom stereocenters. The molecule has 23 heavy (non-hydrogen) atoms. The van der Waals surface area contributed by atoms with E-state index in [1.165, 1.54) is 11.8 Å². The fourth-order valence-electron chi connectivity index (χ4n) is 2.23. The number of benzene rings is 1. The molecule has 0 spiro atoms. The van der Waals surface area contributed by atoms with Crippen molar-refractivity contribution in [3.63, 3.8) is 0 Å². The Bertz CT molecular complexity index is 798. The first kappa shape index (κ1) is 15.6. The van der Waals surface area contributed by atoms with Gasteiger partial charge in [-0.05, 0) is 42.1 Å².